The number of piperidine rings is 1. The number of hydrogen-bond acceptors (Lipinski definition) is 8. The van der Waals surface area contributed by atoms with Crippen LogP contribution in [-0.2, 0) is 17.3 Å². The molecule has 1 amide bonds. The monoisotopic (exact) mass is 571 g/mol. The average Bonchev–Trinajstić information content (AvgIpc) is 3.67. The summed E-state index contributed by atoms with van der Waals surface area (Å²) >= 11 is 0. The summed E-state index contributed by atoms with van der Waals surface area (Å²) in [6.45, 7) is 8.31. The molecule has 11 heteroatoms. The van der Waals surface area contributed by atoms with Crippen LogP contribution in [0.2, 0.25) is 0 Å². The fourth-order valence-corrected chi connectivity index (χ4v) is 7.06. The number of amides is 1. The highest BCUT2D eigenvalue weighted by Crippen LogP contribution is 2.45. The first-order valence-electron chi connectivity index (χ1n) is 14.2. The van der Waals surface area contributed by atoms with Crippen LogP contribution in [0.1, 0.15) is 49.5 Å². The van der Waals surface area contributed by atoms with E-state index in [4.69, 9.17) is 14.7 Å². The maximum absolute atomic E-state index is 13.5. The Hall–Kier alpha value is -3.96. The van der Waals surface area contributed by atoms with Gasteiger partial charge in [0.1, 0.15) is 17.2 Å². The van der Waals surface area contributed by atoms with E-state index in [1.165, 1.54) is 0 Å². The van der Waals surface area contributed by atoms with Crippen molar-refractivity contribution in [1.82, 2.24) is 25.2 Å². The van der Waals surface area contributed by atoms with Gasteiger partial charge >= 0.3 is 0 Å². The van der Waals surface area contributed by atoms with Gasteiger partial charge in [0.05, 0.1) is 32.5 Å². The molecule has 3 N–H and O–H groups in total. The molecule has 2 aromatic heterocycles. The van der Waals surface area contributed by atoms with Crippen molar-refractivity contribution in [1.29, 1.82) is 0 Å². The van der Waals surface area contributed by atoms with E-state index in [1.807, 2.05) is 79.2 Å². The van der Waals surface area contributed by atoms with Gasteiger partial charge in [-0.1, -0.05) is 26.0 Å². The average molecular weight is 572 g/mol. The molecule has 1 fully saturated rings. The Morgan fingerprint density at radius 1 is 1.12 bits per heavy atom. The number of aromatic amines is 1. The van der Waals surface area contributed by atoms with Crippen LogP contribution in [0.25, 0.3) is 11.0 Å². The van der Waals surface area contributed by atoms with Gasteiger partial charge in [0, 0.05) is 29.6 Å². The highest BCUT2D eigenvalue weighted by atomic mass is 32.2. The Morgan fingerprint density at radius 2 is 1.93 bits per heavy atom. The van der Waals surface area contributed by atoms with Crippen molar-refractivity contribution < 1.29 is 13.7 Å². The number of carbonyl (C=O) groups is 1. The highest BCUT2D eigenvalue weighted by Gasteiger charge is 2.38. The zero-order chi connectivity index (χ0) is 28.2. The molecule has 212 valence electrons. The van der Waals surface area contributed by atoms with Crippen LogP contribution in [0.5, 0.6) is 5.75 Å². The lowest BCUT2D eigenvalue weighted by atomic mass is 10.1. The van der Waals surface area contributed by atoms with Crippen molar-refractivity contribution in [2.75, 3.05) is 23.3 Å². The summed E-state index contributed by atoms with van der Waals surface area (Å²) in [7, 11) is -1.18. The SMILES string of the molecule is CC1Oc2cc3c(cc2N1c1nc(Nc2ccccc2S(=O)C(C)C)c2cc[nH]c2n1)C(=O)N(C1CCNCC1)C3. The summed E-state index contributed by atoms with van der Waals surface area (Å²) in [5.74, 6) is 1.83. The van der Waals surface area contributed by atoms with Crippen LogP contribution in [-0.4, -0.2) is 60.6 Å². The molecule has 0 bridgehead atoms. The summed E-state index contributed by atoms with van der Waals surface area (Å²) in [6, 6.07) is 13.7. The van der Waals surface area contributed by atoms with Crippen molar-refractivity contribution in [2.24, 2.45) is 0 Å². The molecule has 0 spiro atoms. The van der Waals surface area contributed by atoms with Crippen LogP contribution in [0, 0.1) is 0 Å². The number of fused-ring (bicyclic) bond motifs is 3. The number of nitrogens with one attached hydrogen (secondary N) is 3. The summed E-state index contributed by atoms with van der Waals surface area (Å²) in [5.41, 5.74) is 3.89. The number of para-hydroxylation sites is 1. The van der Waals surface area contributed by atoms with E-state index in [-0.39, 0.29) is 23.4 Å². The van der Waals surface area contributed by atoms with E-state index in [0.717, 1.165) is 64.5 Å². The number of ether oxygens (including phenoxy) is 1. The zero-order valence-corrected chi connectivity index (χ0v) is 24.1. The topological polar surface area (TPSA) is 115 Å². The molecule has 0 saturated carbocycles. The standard InChI is InChI=1S/C30H33N7O3S/c1-17(2)41(39)26-7-5-4-6-23(26)33-28-21-10-13-32-27(21)34-30(35-28)37-18(3)40-25-14-19-16-36(20-8-11-31-12-9-20)29(38)22(19)15-24(25)37/h4-7,10,13-15,17-18,20,31H,8-9,11-12,16H2,1-3H3,(H2,32,33,34,35). The second-order valence-corrected chi connectivity index (χ2v) is 13.0. The van der Waals surface area contributed by atoms with Crippen LogP contribution < -0.4 is 20.3 Å². The minimum absolute atomic E-state index is 0.0274. The lowest BCUT2D eigenvalue weighted by Gasteiger charge is -2.31. The second-order valence-electron chi connectivity index (χ2n) is 11.1. The molecule has 2 unspecified atom stereocenters. The van der Waals surface area contributed by atoms with Gasteiger partial charge in [-0.15, -0.1) is 0 Å². The summed E-state index contributed by atoms with van der Waals surface area (Å²) in [5, 5.41) is 7.60. The summed E-state index contributed by atoms with van der Waals surface area (Å²) in [4.78, 5) is 31.2. The highest BCUT2D eigenvalue weighted by molar-refractivity contribution is 7.85. The van der Waals surface area contributed by atoms with Crippen LogP contribution in [0.4, 0.5) is 23.1 Å². The van der Waals surface area contributed by atoms with E-state index in [9.17, 15) is 9.00 Å². The molecule has 4 aromatic rings. The molecular weight excluding hydrogens is 538 g/mol. The lowest BCUT2D eigenvalue weighted by Crippen LogP contribution is -2.43. The fourth-order valence-electron chi connectivity index (χ4n) is 6.01. The van der Waals surface area contributed by atoms with Gasteiger partial charge in [-0.25, -0.2) is 0 Å². The van der Waals surface area contributed by atoms with Gasteiger partial charge in [-0.3, -0.25) is 13.9 Å². The van der Waals surface area contributed by atoms with E-state index in [1.54, 1.807) is 0 Å². The Bertz CT molecular complexity index is 1680. The predicted octanol–water partition coefficient (Wildman–Crippen LogP) is 4.80. The molecule has 2 aromatic carbocycles. The lowest BCUT2D eigenvalue weighted by molar-refractivity contribution is 0.0668. The van der Waals surface area contributed by atoms with Crippen molar-refractivity contribution in [2.45, 2.75) is 62.6 Å². The Labute approximate surface area is 241 Å². The maximum atomic E-state index is 13.5. The molecule has 5 heterocycles. The second kappa shape index (κ2) is 10.1. The first kappa shape index (κ1) is 26.0. The Morgan fingerprint density at radius 3 is 2.73 bits per heavy atom. The minimum Gasteiger partial charge on any atom is -0.468 e. The van der Waals surface area contributed by atoms with Crippen molar-refractivity contribution >= 4 is 50.9 Å². The molecule has 41 heavy (non-hydrogen) atoms. The molecule has 3 aliphatic heterocycles. The molecule has 7 rings (SSSR count). The molecule has 2 atom stereocenters. The largest absolute Gasteiger partial charge is 0.468 e. The third-order valence-electron chi connectivity index (χ3n) is 8.09. The maximum Gasteiger partial charge on any atom is 0.254 e. The number of anilines is 4. The summed E-state index contributed by atoms with van der Waals surface area (Å²) < 4.78 is 19.3. The first-order chi connectivity index (χ1) is 19.9. The van der Waals surface area contributed by atoms with E-state index >= 15 is 0 Å². The van der Waals surface area contributed by atoms with E-state index < -0.39 is 10.8 Å². The van der Waals surface area contributed by atoms with Gasteiger partial charge in [-0.05, 0) is 68.8 Å². The number of H-pyrrole nitrogens is 1. The number of nitrogens with zero attached hydrogens (tertiary/aromatic N) is 4. The Kier molecular flexibility index (Phi) is 6.43. The van der Waals surface area contributed by atoms with Gasteiger partial charge in [0.15, 0.2) is 6.23 Å². The van der Waals surface area contributed by atoms with Gasteiger partial charge < -0.3 is 25.3 Å². The van der Waals surface area contributed by atoms with Crippen molar-refractivity contribution in [3.63, 3.8) is 0 Å². The molecule has 10 nitrogen and oxygen atoms in total. The number of rotatable bonds is 6. The zero-order valence-electron chi connectivity index (χ0n) is 23.3. The number of benzene rings is 2. The minimum atomic E-state index is -1.18. The van der Waals surface area contributed by atoms with Gasteiger partial charge in [0.2, 0.25) is 5.95 Å². The molecule has 3 aliphatic rings. The summed E-state index contributed by atoms with van der Waals surface area (Å²) in [6.07, 6.45) is 3.38. The van der Waals surface area contributed by atoms with E-state index in [2.05, 4.69) is 15.6 Å². The van der Waals surface area contributed by atoms with Crippen LogP contribution in [0.3, 0.4) is 0 Å². The number of aromatic nitrogens is 3. The van der Waals surface area contributed by atoms with Gasteiger partial charge in [0.25, 0.3) is 5.91 Å². The van der Waals surface area contributed by atoms with Crippen LogP contribution in [0.15, 0.2) is 53.6 Å². The van der Waals surface area contributed by atoms with Gasteiger partial charge in [-0.2, -0.15) is 9.97 Å². The smallest absolute Gasteiger partial charge is 0.254 e. The number of hydrogen-bond donors (Lipinski definition) is 3. The normalized spacial score (nSPS) is 19.5. The van der Waals surface area contributed by atoms with Crippen LogP contribution >= 0.6 is 0 Å². The molecule has 0 aliphatic carbocycles. The number of carbonyl (C=O) groups excluding carboxylic acids is 1. The predicted molar refractivity (Wildman–Crippen MR) is 160 cm³/mol. The first-order valence-corrected chi connectivity index (χ1v) is 15.4. The van der Waals surface area contributed by atoms with Crippen molar-refractivity contribution in [3.8, 4) is 5.75 Å². The molecule has 1 saturated heterocycles. The quantitative estimate of drug-likeness (QED) is 0.302. The van der Waals surface area contributed by atoms with E-state index in [0.29, 0.717) is 24.0 Å². The fraction of sp³-hybridized carbons (Fsp3) is 0.367. The third kappa shape index (κ3) is 4.43. The van der Waals surface area contributed by atoms with Crippen molar-refractivity contribution in [3.05, 3.63) is 59.8 Å². The molecular formula is C30H33N7O3S. The molecule has 0 radical (unpaired) electrons. The third-order valence-corrected chi connectivity index (χ3v) is 9.74. The Balaban J connectivity index is 1.26.